The highest BCUT2D eigenvalue weighted by Gasteiger charge is 2.25. The summed E-state index contributed by atoms with van der Waals surface area (Å²) in [6, 6.07) is 4.42. The molecule has 3 N–H and O–H groups in total. The Morgan fingerprint density at radius 1 is 1.18 bits per heavy atom. The minimum atomic E-state index is -0.371. The Labute approximate surface area is 204 Å². The van der Waals surface area contributed by atoms with Crippen LogP contribution in [0.15, 0.2) is 6.07 Å². The molecule has 4 heterocycles. The lowest BCUT2D eigenvalue weighted by molar-refractivity contribution is 0.0531. The molecule has 2 aliphatic rings. The van der Waals surface area contributed by atoms with Gasteiger partial charge in [0.05, 0.1) is 18.4 Å². The summed E-state index contributed by atoms with van der Waals surface area (Å²) < 4.78 is 5.13. The average Bonchev–Trinajstić information content (AvgIpc) is 3.24. The fourth-order valence-electron chi connectivity index (χ4n) is 4.37. The van der Waals surface area contributed by atoms with E-state index in [2.05, 4.69) is 26.2 Å². The maximum Gasteiger partial charge on any atom is 0.350 e. The molecule has 2 aromatic heterocycles. The molecule has 0 aliphatic carbocycles. The van der Waals surface area contributed by atoms with Crippen LogP contribution in [0.4, 0.5) is 22.7 Å². The maximum atomic E-state index is 12.2. The van der Waals surface area contributed by atoms with Crippen LogP contribution in [-0.4, -0.2) is 60.3 Å². The Morgan fingerprint density at radius 2 is 1.79 bits per heavy atom. The Kier molecular flexibility index (Phi) is 7.80. The van der Waals surface area contributed by atoms with Gasteiger partial charge in [0.25, 0.3) is 0 Å². The van der Waals surface area contributed by atoms with Crippen molar-refractivity contribution in [3.8, 4) is 6.07 Å². The lowest BCUT2D eigenvalue weighted by Crippen LogP contribution is -2.37. The third-order valence-corrected chi connectivity index (χ3v) is 7.50. The third-order valence-electron chi connectivity index (χ3n) is 6.45. The van der Waals surface area contributed by atoms with Gasteiger partial charge in [-0.15, -0.1) is 0 Å². The molecule has 0 atom stereocenters. The standard InChI is InChI=1S/C23H32N8O2S/c1-3-33-21(32)20-15(2)26-23(34-20)29-22-27-18(30-8-4-16(13-24)5-9-30)12-19(28-22)31-10-6-17(14-25)7-11-31/h12,16-17H,3-11,13,24H2,1-2H3,(H,26,27,28,29). The average molecular weight is 485 g/mol. The molecule has 10 nitrogen and oxygen atoms in total. The van der Waals surface area contributed by atoms with Crippen LogP contribution in [0.2, 0.25) is 0 Å². The lowest BCUT2D eigenvalue weighted by Gasteiger charge is -2.34. The van der Waals surface area contributed by atoms with E-state index in [4.69, 9.17) is 20.4 Å². The Balaban J connectivity index is 1.59. The largest absolute Gasteiger partial charge is 0.462 e. The maximum absolute atomic E-state index is 12.2. The number of nitrogens with one attached hydrogen (secondary N) is 1. The molecule has 0 bridgehead atoms. The van der Waals surface area contributed by atoms with Gasteiger partial charge in [-0.05, 0) is 52.0 Å². The first-order chi connectivity index (χ1) is 16.5. The number of carbonyl (C=O) groups is 1. The van der Waals surface area contributed by atoms with Gasteiger partial charge in [0.15, 0.2) is 5.13 Å². The summed E-state index contributed by atoms with van der Waals surface area (Å²) in [5.74, 6) is 2.43. The van der Waals surface area contributed by atoms with Crippen molar-refractivity contribution in [1.29, 1.82) is 5.26 Å². The normalized spacial score (nSPS) is 17.5. The molecule has 0 unspecified atom stereocenters. The Bertz CT molecular complexity index is 1040. The van der Waals surface area contributed by atoms with Crippen molar-refractivity contribution in [1.82, 2.24) is 15.0 Å². The van der Waals surface area contributed by atoms with Gasteiger partial charge in [-0.25, -0.2) is 9.78 Å². The fourth-order valence-corrected chi connectivity index (χ4v) is 5.22. The molecule has 4 rings (SSSR count). The fraction of sp³-hybridized carbons (Fsp3) is 0.609. The van der Waals surface area contributed by atoms with Crippen LogP contribution >= 0.6 is 11.3 Å². The number of thiazole rings is 1. The first-order valence-corrected chi connectivity index (χ1v) is 12.7. The number of nitrogens with two attached hydrogens (primary N) is 1. The summed E-state index contributed by atoms with van der Waals surface area (Å²) in [7, 11) is 0. The minimum Gasteiger partial charge on any atom is -0.462 e. The minimum absolute atomic E-state index is 0.102. The van der Waals surface area contributed by atoms with Crippen LogP contribution in [0.1, 0.15) is 48.0 Å². The van der Waals surface area contributed by atoms with E-state index in [1.165, 1.54) is 11.3 Å². The van der Waals surface area contributed by atoms with Gasteiger partial charge in [-0.1, -0.05) is 11.3 Å². The highest BCUT2D eigenvalue weighted by atomic mass is 32.1. The van der Waals surface area contributed by atoms with E-state index in [9.17, 15) is 10.1 Å². The van der Waals surface area contributed by atoms with Gasteiger partial charge >= 0.3 is 5.97 Å². The summed E-state index contributed by atoms with van der Waals surface area (Å²) in [6.07, 6.45) is 3.74. The van der Waals surface area contributed by atoms with Crippen LogP contribution in [0.5, 0.6) is 0 Å². The van der Waals surface area contributed by atoms with Gasteiger partial charge in [-0.3, -0.25) is 5.32 Å². The summed E-state index contributed by atoms with van der Waals surface area (Å²) in [6.45, 7) is 7.98. The summed E-state index contributed by atoms with van der Waals surface area (Å²) >= 11 is 1.24. The van der Waals surface area contributed by atoms with Crippen molar-refractivity contribution in [2.24, 2.45) is 17.6 Å². The SMILES string of the molecule is CCOC(=O)c1sc(Nc2nc(N3CCC(C#N)CC3)cc(N3CCC(CN)CC3)n2)nc1C. The smallest absolute Gasteiger partial charge is 0.350 e. The van der Waals surface area contributed by atoms with Crippen molar-refractivity contribution >= 4 is 40.0 Å². The lowest BCUT2D eigenvalue weighted by atomic mass is 9.97. The Hall–Kier alpha value is -2.97. The molecule has 2 aromatic rings. The molecule has 34 heavy (non-hydrogen) atoms. The van der Waals surface area contributed by atoms with Crippen molar-refractivity contribution < 1.29 is 9.53 Å². The van der Waals surface area contributed by atoms with Crippen LogP contribution in [0, 0.1) is 30.1 Å². The molecule has 11 heteroatoms. The highest BCUT2D eigenvalue weighted by Crippen LogP contribution is 2.30. The number of piperidine rings is 2. The Morgan fingerprint density at radius 3 is 2.35 bits per heavy atom. The molecule has 0 amide bonds. The molecule has 0 radical (unpaired) electrons. The summed E-state index contributed by atoms with van der Waals surface area (Å²) in [5.41, 5.74) is 6.49. The molecular weight excluding hydrogens is 452 g/mol. The zero-order chi connectivity index (χ0) is 24.1. The molecule has 2 saturated heterocycles. The van der Waals surface area contributed by atoms with Gasteiger partial charge < -0.3 is 20.3 Å². The highest BCUT2D eigenvalue weighted by molar-refractivity contribution is 7.17. The van der Waals surface area contributed by atoms with Gasteiger partial charge in [0.1, 0.15) is 16.5 Å². The zero-order valence-electron chi connectivity index (χ0n) is 19.8. The number of aryl methyl sites for hydroxylation is 1. The molecule has 0 aromatic carbocycles. The molecular formula is C23H32N8O2S. The summed E-state index contributed by atoms with van der Waals surface area (Å²) in [4.78, 5) is 31.2. The van der Waals surface area contributed by atoms with E-state index >= 15 is 0 Å². The first-order valence-electron chi connectivity index (χ1n) is 11.9. The monoisotopic (exact) mass is 484 g/mol. The van der Waals surface area contributed by atoms with E-state index in [0.717, 1.165) is 70.0 Å². The predicted octanol–water partition coefficient (Wildman–Crippen LogP) is 3.08. The van der Waals surface area contributed by atoms with Gasteiger partial charge in [0.2, 0.25) is 5.95 Å². The van der Waals surface area contributed by atoms with Crippen LogP contribution in [-0.2, 0) is 4.74 Å². The van der Waals surface area contributed by atoms with Crippen molar-refractivity contribution in [2.45, 2.75) is 39.5 Å². The van der Waals surface area contributed by atoms with E-state index in [0.29, 0.717) is 34.2 Å². The number of aromatic nitrogens is 3. The number of ether oxygens (including phenoxy) is 1. The third kappa shape index (κ3) is 5.56. The number of carbonyl (C=O) groups excluding carboxylic acids is 1. The molecule has 2 aliphatic heterocycles. The number of hydrogen-bond donors (Lipinski definition) is 2. The van der Waals surface area contributed by atoms with Crippen molar-refractivity contribution in [2.75, 3.05) is 54.4 Å². The second-order valence-electron chi connectivity index (χ2n) is 8.74. The van der Waals surface area contributed by atoms with E-state index in [1.807, 2.05) is 6.07 Å². The molecule has 182 valence electrons. The second-order valence-corrected chi connectivity index (χ2v) is 9.74. The van der Waals surface area contributed by atoms with Crippen LogP contribution in [0.25, 0.3) is 0 Å². The van der Waals surface area contributed by atoms with E-state index in [1.54, 1.807) is 13.8 Å². The number of nitriles is 1. The number of esters is 1. The first kappa shape index (κ1) is 24.2. The van der Waals surface area contributed by atoms with Crippen molar-refractivity contribution in [3.05, 3.63) is 16.6 Å². The van der Waals surface area contributed by atoms with Crippen LogP contribution < -0.4 is 20.9 Å². The number of hydrogen-bond acceptors (Lipinski definition) is 11. The number of anilines is 4. The molecule has 2 fully saturated rings. The number of nitrogens with zero attached hydrogens (tertiary/aromatic N) is 6. The van der Waals surface area contributed by atoms with Gasteiger partial charge in [-0.2, -0.15) is 15.2 Å². The van der Waals surface area contributed by atoms with Crippen molar-refractivity contribution in [3.63, 3.8) is 0 Å². The van der Waals surface area contributed by atoms with Crippen LogP contribution in [0.3, 0.4) is 0 Å². The molecule has 0 spiro atoms. The summed E-state index contributed by atoms with van der Waals surface area (Å²) in [5, 5.41) is 13.0. The zero-order valence-corrected chi connectivity index (χ0v) is 20.6. The number of rotatable bonds is 7. The van der Waals surface area contributed by atoms with Gasteiger partial charge in [0, 0.05) is 38.2 Å². The second kappa shape index (κ2) is 11.0. The predicted molar refractivity (Wildman–Crippen MR) is 133 cm³/mol. The molecule has 0 saturated carbocycles. The van der Waals surface area contributed by atoms with E-state index in [-0.39, 0.29) is 11.9 Å². The topological polar surface area (TPSA) is 133 Å². The van der Waals surface area contributed by atoms with E-state index < -0.39 is 0 Å². The quantitative estimate of drug-likeness (QED) is 0.565.